The van der Waals surface area contributed by atoms with E-state index in [0.29, 0.717) is 0 Å². The molecule has 1 nitrogen and oxygen atoms in total. The van der Waals surface area contributed by atoms with Crippen molar-refractivity contribution in [3.05, 3.63) is 0 Å². The fourth-order valence-electron chi connectivity index (χ4n) is 1.58. The first-order valence-electron chi connectivity index (χ1n) is 4.72. The van der Waals surface area contributed by atoms with Crippen molar-refractivity contribution in [2.45, 2.75) is 31.6 Å². The number of rotatable bonds is 3. The maximum absolute atomic E-state index is 4.24. The van der Waals surface area contributed by atoms with Crippen LogP contribution in [0.5, 0.6) is 0 Å². The van der Waals surface area contributed by atoms with Crippen LogP contribution in [0.4, 0.5) is 0 Å². The average Bonchev–Trinajstić information content (AvgIpc) is 2.08. The Kier molecular flexibility index (Phi) is 4.84. The molecular weight excluding hydrogens is 186 g/mol. The van der Waals surface area contributed by atoms with Crippen LogP contribution in [0.3, 0.4) is 0 Å². The summed E-state index contributed by atoms with van der Waals surface area (Å²) in [6, 6.07) is 0.753. The van der Waals surface area contributed by atoms with E-state index in [-0.39, 0.29) is 0 Å². The first-order valence-corrected chi connectivity index (χ1v) is 6.40. The SMILES string of the molecule is CC1SCCN(CCCS)C1C. The summed E-state index contributed by atoms with van der Waals surface area (Å²) < 4.78 is 0. The number of thioether (sulfide) groups is 1. The Hall–Kier alpha value is 0.660. The van der Waals surface area contributed by atoms with Gasteiger partial charge in [-0.25, -0.2) is 0 Å². The van der Waals surface area contributed by atoms with E-state index in [1.54, 1.807) is 0 Å². The predicted molar refractivity (Wildman–Crippen MR) is 61.4 cm³/mol. The van der Waals surface area contributed by atoms with E-state index >= 15 is 0 Å². The summed E-state index contributed by atoms with van der Waals surface area (Å²) >= 11 is 6.34. The molecule has 2 atom stereocenters. The summed E-state index contributed by atoms with van der Waals surface area (Å²) in [6.07, 6.45) is 1.23. The number of thiol groups is 1. The van der Waals surface area contributed by atoms with Crippen molar-refractivity contribution in [1.29, 1.82) is 0 Å². The molecule has 1 aliphatic heterocycles. The van der Waals surface area contributed by atoms with Gasteiger partial charge in [0.15, 0.2) is 0 Å². The van der Waals surface area contributed by atoms with Gasteiger partial charge >= 0.3 is 0 Å². The largest absolute Gasteiger partial charge is 0.299 e. The van der Waals surface area contributed by atoms with Gasteiger partial charge in [-0.15, -0.1) is 0 Å². The first kappa shape index (κ1) is 10.7. The lowest BCUT2D eigenvalue weighted by Crippen LogP contribution is -2.45. The molecule has 0 amide bonds. The Bertz CT molecular complexity index is 130. The van der Waals surface area contributed by atoms with E-state index in [2.05, 4.69) is 43.1 Å². The standard InChI is InChI=1S/C9H19NS2/c1-8-9(2)12-7-5-10(8)4-3-6-11/h8-9,11H,3-7H2,1-2H3. The fourth-order valence-corrected chi connectivity index (χ4v) is 2.89. The van der Waals surface area contributed by atoms with Crippen LogP contribution in [0.2, 0.25) is 0 Å². The molecule has 0 radical (unpaired) electrons. The van der Waals surface area contributed by atoms with E-state index in [0.717, 1.165) is 17.0 Å². The topological polar surface area (TPSA) is 3.24 Å². The van der Waals surface area contributed by atoms with Crippen molar-refractivity contribution in [1.82, 2.24) is 4.90 Å². The molecule has 0 bridgehead atoms. The minimum absolute atomic E-state index is 0.753. The summed E-state index contributed by atoms with van der Waals surface area (Å²) in [5.74, 6) is 2.32. The van der Waals surface area contributed by atoms with E-state index in [1.165, 1.54) is 25.3 Å². The molecule has 12 heavy (non-hydrogen) atoms. The summed E-state index contributed by atoms with van der Waals surface area (Å²) in [5, 5.41) is 0.804. The smallest absolute Gasteiger partial charge is 0.0184 e. The Morgan fingerprint density at radius 1 is 1.50 bits per heavy atom. The summed E-state index contributed by atoms with van der Waals surface area (Å²) in [7, 11) is 0. The maximum atomic E-state index is 4.24. The molecule has 0 N–H and O–H groups in total. The summed E-state index contributed by atoms with van der Waals surface area (Å²) in [5.41, 5.74) is 0. The van der Waals surface area contributed by atoms with Crippen LogP contribution in [0.25, 0.3) is 0 Å². The molecule has 1 fully saturated rings. The lowest BCUT2D eigenvalue weighted by atomic mass is 10.2. The molecule has 3 heteroatoms. The Labute approximate surface area is 85.7 Å². The van der Waals surface area contributed by atoms with Crippen LogP contribution >= 0.6 is 24.4 Å². The van der Waals surface area contributed by atoms with Crippen LogP contribution < -0.4 is 0 Å². The number of hydrogen-bond donors (Lipinski definition) is 1. The monoisotopic (exact) mass is 205 g/mol. The van der Waals surface area contributed by atoms with Crippen LogP contribution in [0.15, 0.2) is 0 Å². The zero-order valence-corrected chi connectivity index (χ0v) is 9.70. The zero-order valence-electron chi connectivity index (χ0n) is 7.99. The molecule has 1 rings (SSSR count). The molecule has 1 heterocycles. The van der Waals surface area contributed by atoms with Crippen LogP contribution in [-0.4, -0.2) is 40.8 Å². The molecule has 1 aliphatic rings. The predicted octanol–water partition coefficient (Wildman–Crippen LogP) is 2.13. The first-order chi connectivity index (χ1) is 5.75. The van der Waals surface area contributed by atoms with E-state index in [1.807, 2.05) is 0 Å². The molecule has 2 unspecified atom stereocenters. The van der Waals surface area contributed by atoms with Crippen molar-refractivity contribution >= 4 is 24.4 Å². The van der Waals surface area contributed by atoms with Gasteiger partial charge in [0.1, 0.15) is 0 Å². The highest BCUT2D eigenvalue weighted by molar-refractivity contribution is 8.00. The third kappa shape index (κ3) is 2.86. The van der Waals surface area contributed by atoms with Crippen molar-refractivity contribution < 1.29 is 0 Å². The lowest BCUT2D eigenvalue weighted by Gasteiger charge is -2.37. The third-order valence-electron chi connectivity index (χ3n) is 2.62. The van der Waals surface area contributed by atoms with Crippen molar-refractivity contribution in [3.63, 3.8) is 0 Å². The Morgan fingerprint density at radius 2 is 2.25 bits per heavy atom. The van der Waals surface area contributed by atoms with Crippen molar-refractivity contribution in [2.24, 2.45) is 0 Å². The molecule has 0 aliphatic carbocycles. The minimum atomic E-state index is 0.753. The van der Waals surface area contributed by atoms with Gasteiger partial charge in [0.25, 0.3) is 0 Å². The average molecular weight is 205 g/mol. The van der Waals surface area contributed by atoms with Gasteiger partial charge in [0, 0.05) is 23.6 Å². The molecule has 0 aromatic carbocycles. The fraction of sp³-hybridized carbons (Fsp3) is 1.00. The van der Waals surface area contributed by atoms with E-state index < -0.39 is 0 Å². The van der Waals surface area contributed by atoms with Gasteiger partial charge in [-0.05, 0) is 25.6 Å². The molecule has 1 saturated heterocycles. The number of nitrogens with zero attached hydrogens (tertiary/aromatic N) is 1. The highest BCUT2D eigenvalue weighted by atomic mass is 32.2. The van der Waals surface area contributed by atoms with E-state index in [9.17, 15) is 0 Å². The Balaban J connectivity index is 2.30. The zero-order chi connectivity index (χ0) is 8.97. The molecular formula is C9H19NS2. The molecule has 0 saturated carbocycles. The molecule has 0 aromatic rings. The summed E-state index contributed by atoms with van der Waals surface area (Å²) in [6.45, 7) is 7.18. The second kappa shape index (κ2) is 5.40. The third-order valence-corrected chi connectivity index (χ3v) is 4.27. The summed E-state index contributed by atoms with van der Waals surface area (Å²) in [4.78, 5) is 2.59. The maximum Gasteiger partial charge on any atom is 0.0184 e. The van der Waals surface area contributed by atoms with Crippen LogP contribution in [-0.2, 0) is 0 Å². The molecule has 0 aromatic heterocycles. The Morgan fingerprint density at radius 3 is 2.92 bits per heavy atom. The minimum Gasteiger partial charge on any atom is -0.299 e. The van der Waals surface area contributed by atoms with Gasteiger partial charge in [-0.3, -0.25) is 4.90 Å². The van der Waals surface area contributed by atoms with Crippen LogP contribution in [0.1, 0.15) is 20.3 Å². The van der Waals surface area contributed by atoms with E-state index in [4.69, 9.17) is 0 Å². The normalized spacial score (nSPS) is 32.2. The molecule has 0 spiro atoms. The van der Waals surface area contributed by atoms with Gasteiger partial charge in [0.2, 0.25) is 0 Å². The van der Waals surface area contributed by atoms with Gasteiger partial charge in [-0.1, -0.05) is 6.92 Å². The van der Waals surface area contributed by atoms with Gasteiger partial charge in [0.05, 0.1) is 0 Å². The lowest BCUT2D eigenvalue weighted by molar-refractivity contribution is 0.214. The second-order valence-corrected chi connectivity index (χ2v) is 5.36. The van der Waals surface area contributed by atoms with Crippen molar-refractivity contribution in [3.8, 4) is 0 Å². The van der Waals surface area contributed by atoms with Gasteiger partial charge in [-0.2, -0.15) is 24.4 Å². The van der Waals surface area contributed by atoms with Gasteiger partial charge < -0.3 is 0 Å². The second-order valence-electron chi connectivity index (χ2n) is 3.43. The number of hydrogen-bond acceptors (Lipinski definition) is 3. The van der Waals surface area contributed by atoms with Crippen molar-refractivity contribution in [2.75, 3.05) is 24.6 Å². The highest BCUT2D eigenvalue weighted by Crippen LogP contribution is 2.23. The highest BCUT2D eigenvalue weighted by Gasteiger charge is 2.23. The van der Waals surface area contributed by atoms with Crippen LogP contribution in [0, 0.1) is 0 Å². The molecule has 72 valence electrons. The quantitative estimate of drug-likeness (QED) is 0.703.